The Kier molecular flexibility index (Phi) is 11.5. The van der Waals surface area contributed by atoms with Gasteiger partial charge in [0, 0.05) is 25.9 Å². The Morgan fingerprint density at radius 3 is 1.94 bits per heavy atom. The third-order valence-corrected chi connectivity index (χ3v) is 9.80. The Morgan fingerprint density at radius 2 is 1.29 bits per heavy atom. The molecule has 3 fully saturated rings. The van der Waals surface area contributed by atoms with Gasteiger partial charge in [-0.3, -0.25) is 28.8 Å². The number of nitrogens with one attached hydrogen (secondary N) is 4. The van der Waals surface area contributed by atoms with Gasteiger partial charge in [-0.05, 0) is 54.9 Å². The molecule has 3 heterocycles. The molecule has 3 aliphatic heterocycles. The summed E-state index contributed by atoms with van der Waals surface area (Å²) in [5.74, 6) is -3.22. The molecule has 6 atom stereocenters. The fraction of sp³-hybridized carbons (Fsp3) is 0.500. The molecule has 49 heavy (non-hydrogen) atoms. The van der Waals surface area contributed by atoms with E-state index in [0.29, 0.717) is 50.8 Å². The maximum atomic E-state index is 14.2. The number of phenols is 1. The van der Waals surface area contributed by atoms with Gasteiger partial charge in [0.05, 0.1) is 6.54 Å². The summed E-state index contributed by atoms with van der Waals surface area (Å²) >= 11 is 0. The minimum Gasteiger partial charge on any atom is -0.508 e. The van der Waals surface area contributed by atoms with Gasteiger partial charge in [-0.1, -0.05) is 62.7 Å². The lowest BCUT2D eigenvalue weighted by Gasteiger charge is -2.33. The van der Waals surface area contributed by atoms with Crippen molar-refractivity contribution in [2.45, 2.75) is 89.0 Å². The van der Waals surface area contributed by atoms with E-state index in [0.717, 1.165) is 5.56 Å². The van der Waals surface area contributed by atoms with Crippen LogP contribution in [0.15, 0.2) is 54.6 Å². The zero-order valence-electron chi connectivity index (χ0n) is 28.0. The van der Waals surface area contributed by atoms with Crippen LogP contribution in [-0.2, 0) is 41.6 Å². The zero-order chi connectivity index (χ0) is 35.1. The Hall–Kier alpha value is -4.94. The molecule has 0 aromatic heterocycles. The molecule has 0 saturated carbocycles. The van der Waals surface area contributed by atoms with Crippen LogP contribution in [0.4, 0.5) is 0 Å². The number of fused-ring (bicyclic) bond motifs is 2. The van der Waals surface area contributed by atoms with Crippen molar-refractivity contribution in [3.63, 3.8) is 0 Å². The van der Waals surface area contributed by atoms with Gasteiger partial charge in [0.15, 0.2) is 0 Å². The fourth-order valence-corrected chi connectivity index (χ4v) is 6.84. The van der Waals surface area contributed by atoms with Gasteiger partial charge >= 0.3 is 0 Å². The number of benzene rings is 2. The van der Waals surface area contributed by atoms with Crippen LogP contribution < -0.4 is 21.3 Å². The van der Waals surface area contributed by atoms with Gasteiger partial charge in [0.2, 0.25) is 35.4 Å². The maximum Gasteiger partial charge on any atom is 0.246 e. The van der Waals surface area contributed by atoms with Crippen LogP contribution in [0.25, 0.3) is 0 Å². The average Bonchev–Trinajstić information content (AvgIpc) is 3.80. The van der Waals surface area contributed by atoms with Crippen molar-refractivity contribution in [3.8, 4) is 5.75 Å². The highest BCUT2D eigenvalue weighted by atomic mass is 16.3. The van der Waals surface area contributed by atoms with Crippen LogP contribution in [0.2, 0.25) is 0 Å². The number of aromatic hydroxyl groups is 1. The molecule has 0 radical (unpaired) electrons. The van der Waals surface area contributed by atoms with Gasteiger partial charge in [-0.25, -0.2) is 0 Å². The van der Waals surface area contributed by atoms with E-state index in [2.05, 4.69) is 21.3 Å². The van der Waals surface area contributed by atoms with E-state index in [1.165, 1.54) is 21.9 Å². The highest BCUT2D eigenvalue weighted by Gasteiger charge is 2.42. The minimum absolute atomic E-state index is 0.0442. The molecule has 0 aliphatic carbocycles. The number of hydrogen-bond acceptors (Lipinski definition) is 7. The van der Waals surface area contributed by atoms with Gasteiger partial charge in [-0.2, -0.15) is 0 Å². The van der Waals surface area contributed by atoms with Crippen LogP contribution in [-0.4, -0.2) is 100 Å². The van der Waals surface area contributed by atoms with Crippen LogP contribution in [0.1, 0.15) is 57.1 Å². The molecule has 6 amide bonds. The highest BCUT2D eigenvalue weighted by Crippen LogP contribution is 2.23. The fourth-order valence-electron chi connectivity index (χ4n) is 6.84. The first-order valence-electron chi connectivity index (χ1n) is 17.2. The molecule has 5 rings (SSSR count). The summed E-state index contributed by atoms with van der Waals surface area (Å²) in [6, 6.07) is 10.6. The van der Waals surface area contributed by atoms with Crippen LogP contribution in [0.3, 0.4) is 0 Å². The standard InChI is InChI=1S/C36H46N6O7/c1-3-22(2)31-36(49)42-18-8-12-29(42)34(47)38-26(19-24-13-15-25(43)16-14-24)32(45)39-27(20-23-9-5-4-6-10-23)35(48)41-17-7-11-28(41)33(46)37-21-30(44)40-31/h4-6,9-10,13-16,22,26-29,31,43H,3,7-8,11-12,17-21H2,1-2H3,(H,37,46)(H,38,47)(H,39,45)(H,40,44)/t22-,26-,27-,28-,29-,31-/m0/s1. The van der Waals surface area contributed by atoms with Crippen LogP contribution >= 0.6 is 0 Å². The average molecular weight is 675 g/mol. The van der Waals surface area contributed by atoms with Gasteiger partial charge < -0.3 is 36.2 Å². The molecule has 13 nitrogen and oxygen atoms in total. The summed E-state index contributed by atoms with van der Waals surface area (Å²) in [5, 5.41) is 21.0. The summed E-state index contributed by atoms with van der Waals surface area (Å²) < 4.78 is 0. The van der Waals surface area contributed by atoms with E-state index in [9.17, 15) is 33.9 Å². The van der Waals surface area contributed by atoms with Gasteiger partial charge in [0.25, 0.3) is 0 Å². The SMILES string of the molecule is CC[C@H](C)[C@@H]1NC(=O)CNC(=O)[C@@H]2CCCN2C(=O)[C@H](Cc2ccccc2)NC(=O)[C@H](Cc2ccc(O)cc2)NC(=O)[C@@H]2CCCN2C1=O. The van der Waals surface area contributed by atoms with Crippen LogP contribution in [0.5, 0.6) is 5.75 Å². The van der Waals surface area contributed by atoms with Crippen LogP contribution in [0, 0.1) is 5.92 Å². The van der Waals surface area contributed by atoms with E-state index >= 15 is 0 Å². The second-order valence-corrected chi connectivity index (χ2v) is 13.2. The summed E-state index contributed by atoms with van der Waals surface area (Å²) in [5.41, 5.74) is 1.44. The quantitative estimate of drug-likeness (QED) is 0.301. The van der Waals surface area contributed by atoms with Crippen molar-refractivity contribution < 1.29 is 33.9 Å². The van der Waals surface area contributed by atoms with E-state index in [4.69, 9.17) is 0 Å². The molecule has 2 aromatic carbocycles. The first kappa shape index (κ1) is 35.4. The third-order valence-electron chi connectivity index (χ3n) is 9.80. The Balaban J connectivity index is 1.51. The largest absolute Gasteiger partial charge is 0.508 e. The second kappa shape index (κ2) is 16.0. The topological polar surface area (TPSA) is 177 Å². The summed E-state index contributed by atoms with van der Waals surface area (Å²) in [6.07, 6.45) is 2.63. The van der Waals surface area contributed by atoms with Crippen molar-refractivity contribution in [1.29, 1.82) is 0 Å². The van der Waals surface area contributed by atoms with Crippen molar-refractivity contribution >= 4 is 35.4 Å². The molecule has 3 aliphatic rings. The molecule has 13 heteroatoms. The lowest BCUT2D eigenvalue weighted by Crippen LogP contribution is -2.61. The number of hydrogen-bond donors (Lipinski definition) is 5. The molecular formula is C36H46N6O7. The van der Waals surface area contributed by atoms with E-state index in [-0.39, 0.29) is 31.1 Å². The lowest BCUT2D eigenvalue weighted by atomic mass is 9.97. The number of carbonyl (C=O) groups is 6. The molecule has 0 spiro atoms. The van der Waals surface area contributed by atoms with Crippen molar-refractivity contribution in [3.05, 3.63) is 65.7 Å². The Morgan fingerprint density at radius 1 is 0.714 bits per heavy atom. The minimum atomic E-state index is -1.14. The normalized spacial score (nSPS) is 26.4. The molecule has 262 valence electrons. The number of carbonyl (C=O) groups excluding carboxylic acids is 6. The zero-order valence-corrected chi connectivity index (χ0v) is 28.0. The second-order valence-electron chi connectivity index (χ2n) is 13.2. The summed E-state index contributed by atoms with van der Waals surface area (Å²) in [4.78, 5) is 85.6. The predicted molar refractivity (Wildman–Crippen MR) is 180 cm³/mol. The molecule has 0 bridgehead atoms. The molecule has 2 aromatic rings. The molecule has 5 N–H and O–H groups in total. The van der Waals surface area contributed by atoms with Gasteiger partial charge in [-0.15, -0.1) is 0 Å². The highest BCUT2D eigenvalue weighted by molar-refractivity contribution is 5.98. The molecule has 3 saturated heterocycles. The van der Waals surface area contributed by atoms with Gasteiger partial charge in [0.1, 0.15) is 36.0 Å². The number of nitrogens with zero attached hydrogens (tertiary/aromatic N) is 2. The molecular weight excluding hydrogens is 628 g/mol. The maximum absolute atomic E-state index is 14.2. The molecule has 0 unspecified atom stereocenters. The predicted octanol–water partition coefficient (Wildman–Crippen LogP) is 0.790. The Labute approximate surface area is 286 Å². The van der Waals surface area contributed by atoms with E-state index in [1.807, 2.05) is 44.2 Å². The van der Waals surface area contributed by atoms with Crippen molar-refractivity contribution in [2.24, 2.45) is 5.92 Å². The summed E-state index contributed by atoms with van der Waals surface area (Å²) in [6.45, 7) is 3.94. The monoisotopic (exact) mass is 674 g/mol. The van der Waals surface area contributed by atoms with E-state index in [1.54, 1.807) is 12.1 Å². The van der Waals surface area contributed by atoms with Crippen molar-refractivity contribution in [1.82, 2.24) is 31.1 Å². The number of rotatable bonds is 6. The Bertz CT molecular complexity index is 1530. The van der Waals surface area contributed by atoms with Crippen molar-refractivity contribution in [2.75, 3.05) is 19.6 Å². The first-order chi connectivity index (χ1) is 23.5. The number of phenolic OH excluding ortho intramolecular Hbond substituents is 1. The third kappa shape index (κ3) is 8.57. The lowest BCUT2D eigenvalue weighted by molar-refractivity contribution is -0.144. The smallest absolute Gasteiger partial charge is 0.246 e. The number of amides is 6. The van der Waals surface area contributed by atoms with E-state index < -0.39 is 65.7 Å². The first-order valence-corrected chi connectivity index (χ1v) is 17.2. The summed E-state index contributed by atoms with van der Waals surface area (Å²) in [7, 11) is 0.